The van der Waals surface area contributed by atoms with Crippen LogP contribution in [0.1, 0.15) is 13.8 Å². The lowest BCUT2D eigenvalue weighted by molar-refractivity contribution is 0.181. The van der Waals surface area contributed by atoms with E-state index in [1.807, 2.05) is 24.3 Å². The Bertz CT molecular complexity index is 369. The Kier molecular flexibility index (Phi) is 5.93. The quantitative estimate of drug-likeness (QED) is 0.828. The summed E-state index contributed by atoms with van der Waals surface area (Å²) in [5.74, 6) is 0.741. The van der Waals surface area contributed by atoms with Gasteiger partial charge in [0.2, 0.25) is 0 Å². The van der Waals surface area contributed by atoms with Gasteiger partial charge in [-0.1, -0.05) is 37.6 Å². The molecule has 2 N–H and O–H groups in total. The maximum atomic E-state index is 6.01. The van der Waals surface area contributed by atoms with Crippen molar-refractivity contribution in [1.82, 2.24) is 4.90 Å². The molecule has 1 aromatic carbocycles. The average molecular weight is 271 g/mol. The number of benzene rings is 1. The van der Waals surface area contributed by atoms with E-state index in [0.717, 1.165) is 18.8 Å². The number of nitrogens with two attached hydrogens (primary N) is 1. The molecule has 0 atom stereocenters. The number of ether oxygens (including phenoxy) is 1. The minimum Gasteiger partial charge on any atom is -0.491 e. The molecule has 0 saturated carbocycles. The van der Waals surface area contributed by atoms with E-state index in [1.54, 1.807) is 0 Å². The topological polar surface area (TPSA) is 38.5 Å². The first-order chi connectivity index (χ1) is 8.44. The summed E-state index contributed by atoms with van der Waals surface area (Å²) in [5.41, 5.74) is 5.86. The smallest absolute Gasteiger partial charge is 0.137 e. The zero-order valence-electron chi connectivity index (χ0n) is 11.4. The summed E-state index contributed by atoms with van der Waals surface area (Å²) >= 11 is 6.01. The molecule has 0 spiro atoms. The summed E-state index contributed by atoms with van der Waals surface area (Å²) in [6, 6.07) is 7.53. The zero-order valence-corrected chi connectivity index (χ0v) is 12.2. The maximum absolute atomic E-state index is 6.01. The third kappa shape index (κ3) is 5.25. The molecule has 0 saturated heterocycles. The fourth-order valence-corrected chi connectivity index (χ4v) is 1.94. The normalized spacial score (nSPS) is 11.9. The summed E-state index contributed by atoms with van der Waals surface area (Å²) in [6.45, 7) is 7.45. The Morgan fingerprint density at radius 1 is 1.33 bits per heavy atom. The summed E-state index contributed by atoms with van der Waals surface area (Å²) in [6.07, 6.45) is 0. The summed E-state index contributed by atoms with van der Waals surface area (Å²) < 4.78 is 5.65. The van der Waals surface area contributed by atoms with Gasteiger partial charge >= 0.3 is 0 Å². The third-order valence-electron chi connectivity index (χ3n) is 2.82. The number of hydrogen-bond donors (Lipinski definition) is 1. The molecule has 3 nitrogen and oxygen atoms in total. The predicted octanol–water partition coefficient (Wildman–Crippen LogP) is 2.64. The minimum absolute atomic E-state index is 0.138. The van der Waals surface area contributed by atoms with E-state index in [4.69, 9.17) is 22.1 Å². The van der Waals surface area contributed by atoms with Gasteiger partial charge in [0.15, 0.2) is 0 Å². The van der Waals surface area contributed by atoms with E-state index in [1.165, 1.54) is 0 Å². The molecule has 4 heteroatoms. The molecule has 18 heavy (non-hydrogen) atoms. The second kappa shape index (κ2) is 6.98. The van der Waals surface area contributed by atoms with Gasteiger partial charge in [0.05, 0.1) is 5.02 Å². The highest BCUT2D eigenvalue weighted by Gasteiger charge is 2.17. The van der Waals surface area contributed by atoms with Crippen molar-refractivity contribution in [2.75, 3.05) is 33.3 Å². The van der Waals surface area contributed by atoms with Gasteiger partial charge in [-0.05, 0) is 31.1 Å². The van der Waals surface area contributed by atoms with Crippen LogP contribution in [0.2, 0.25) is 5.02 Å². The Morgan fingerprint density at radius 2 is 2.00 bits per heavy atom. The van der Waals surface area contributed by atoms with E-state index < -0.39 is 0 Å². The van der Waals surface area contributed by atoms with Crippen LogP contribution in [0.4, 0.5) is 0 Å². The largest absolute Gasteiger partial charge is 0.491 e. The van der Waals surface area contributed by atoms with Crippen LogP contribution in [0.3, 0.4) is 0 Å². The van der Waals surface area contributed by atoms with Crippen LogP contribution in [0.25, 0.3) is 0 Å². The highest BCUT2D eigenvalue weighted by Crippen LogP contribution is 2.23. The summed E-state index contributed by atoms with van der Waals surface area (Å²) in [5, 5.41) is 0.655. The van der Waals surface area contributed by atoms with Gasteiger partial charge in [-0.15, -0.1) is 0 Å². The lowest BCUT2D eigenvalue weighted by atomic mass is 9.93. The first-order valence-corrected chi connectivity index (χ1v) is 6.58. The zero-order chi connectivity index (χ0) is 13.6. The Balaban J connectivity index is 2.32. The van der Waals surface area contributed by atoms with E-state index in [9.17, 15) is 0 Å². The first-order valence-electron chi connectivity index (χ1n) is 6.20. The molecule has 0 fully saturated rings. The van der Waals surface area contributed by atoms with Crippen molar-refractivity contribution in [3.63, 3.8) is 0 Å². The predicted molar refractivity (Wildman–Crippen MR) is 77.3 cm³/mol. The molecule has 102 valence electrons. The van der Waals surface area contributed by atoms with Crippen molar-refractivity contribution in [3.8, 4) is 5.75 Å². The molecule has 1 aromatic rings. The van der Waals surface area contributed by atoms with Crippen molar-refractivity contribution in [1.29, 1.82) is 0 Å². The highest BCUT2D eigenvalue weighted by molar-refractivity contribution is 6.32. The Morgan fingerprint density at radius 3 is 2.61 bits per heavy atom. The fourth-order valence-electron chi connectivity index (χ4n) is 1.75. The molecule has 0 aromatic heterocycles. The van der Waals surface area contributed by atoms with Gasteiger partial charge in [0.1, 0.15) is 12.4 Å². The average Bonchev–Trinajstić information content (AvgIpc) is 2.31. The number of hydrogen-bond acceptors (Lipinski definition) is 3. The Labute approximate surface area is 115 Å². The third-order valence-corrected chi connectivity index (χ3v) is 3.13. The lowest BCUT2D eigenvalue weighted by Crippen LogP contribution is -2.38. The lowest BCUT2D eigenvalue weighted by Gasteiger charge is -2.28. The van der Waals surface area contributed by atoms with Gasteiger partial charge in [-0.3, -0.25) is 0 Å². The Hall–Kier alpha value is -0.770. The van der Waals surface area contributed by atoms with Gasteiger partial charge in [-0.2, -0.15) is 0 Å². The maximum Gasteiger partial charge on any atom is 0.137 e. The van der Waals surface area contributed by atoms with Gasteiger partial charge in [0, 0.05) is 13.1 Å². The van der Waals surface area contributed by atoms with E-state index >= 15 is 0 Å². The molecule has 0 bridgehead atoms. The van der Waals surface area contributed by atoms with Crippen molar-refractivity contribution < 1.29 is 4.74 Å². The second-order valence-electron chi connectivity index (χ2n) is 5.39. The van der Waals surface area contributed by atoms with Crippen molar-refractivity contribution in [2.45, 2.75) is 13.8 Å². The van der Waals surface area contributed by atoms with Gasteiger partial charge in [-0.25, -0.2) is 0 Å². The van der Waals surface area contributed by atoms with Crippen LogP contribution < -0.4 is 10.5 Å². The van der Waals surface area contributed by atoms with Crippen LogP contribution >= 0.6 is 11.6 Å². The van der Waals surface area contributed by atoms with E-state index in [2.05, 4.69) is 25.8 Å². The first kappa shape index (κ1) is 15.3. The molecule has 0 aliphatic carbocycles. The molecule has 0 aliphatic rings. The minimum atomic E-state index is 0.138. The molecule has 0 aliphatic heterocycles. The number of rotatable bonds is 7. The fraction of sp³-hybridized carbons (Fsp3) is 0.571. The van der Waals surface area contributed by atoms with Gasteiger partial charge < -0.3 is 15.4 Å². The number of likely N-dealkylation sites (N-methyl/N-ethyl adjacent to an activating group) is 1. The van der Waals surface area contributed by atoms with Crippen molar-refractivity contribution in [3.05, 3.63) is 29.3 Å². The molecule has 0 unspecified atom stereocenters. The molecule has 1 rings (SSSR count). The monoisotopic (exact) mass is 270 g/mol. The van der Waals surface area contributed by atoms with Crippen molar-refractivity contribution >= 4 is 11.6 Å². The molecular weight excluding hydrogens is 248 g/mol. The SMILES string of the molecule is CN(CCOc1ccccc1Cl)CC(C)(C)CN. The van der Waals surface area contributed by atoms with Crippen LogP contribution in [0, 0.1) is 5.41 Å². The number of para-hydroxylation sites is 1. The summed E-state index contributed by atoms with van der Waals surface area (Å²) in [4.78, 5) is 2.23. The van der Waals surface area contributed by atoms with Crippen LogP contribution in [-0.2, 0) is 0 Å². The van der Waals surface area contributed by atoms with Crippen LogP contribution in [-0.4, -0.2) is 38.2 Å². The van der Waals surface area contributed by atoms with Crippen LogP contribution in [0.15, 0.2) is 24.3 Å². The van der Waals surface area contributed by atoms with Crippen molar-refractivity contribution in [2.24, 2.45) is 11.1 Å². The van der Waals surface area contributed by atoms with E-state index in [-0.39, 0.29) is 5.41 Å². The van der Waals surface area contributed by atoms with Crippen LogP contribution in [0.5, 0.6) is 5.75 Å². The summed E-state index contributed by atoms with van der Waals surface area (Å²) in [7, 11) is 2.08. The van der Waals surface area contributed by atoms with E-state index in [0.29, 0.717) is 18.2 Å². The second-order valence-corrected chi connectivity index (χ2v) is 5.79. The molecule has 0 heterocycles. The number of nitrogens with zero attached hydrogens (tertiary/aromatic N) is 1. The molecular formula is C14H23ClN2O. The number of halogens is 1. The van der Waals surface area contributed by atoms with Gasteiger partial charge in [0.25, 0.3) is 0 Å². The standard InChI is InChI=1S/C14H23ClN2O/c1-14(2,10-16)11-17(3)8-9-18-13-7-5-4-6-12(13)15/h4-7H,8-11,16H2,1-3H3. The molecule has 0 radical (unpaired) electrons. The highest BCUT2D eigenvalue weighted by atomic mass is 35.5. The molecule has 0 amide bonds.